The molecule has 3 aromatic rings. The van der Waals surface area contributed by atoms with Gasteiger partial charge in [-0.1, -0.05) is 43.5 Å². The van der Waals surface area contributed by atoms with Crippen LogP contribution < -0.4 is 24.8 Å². The Kier molecular flexibility index (Phi) is 12.3. The predicted octanol–water partition coefficient (Wildman–Crippen LogP) is 5.00. The van der Waals surface area contributed by atoms with Crippen molar-refractivity contribution in [1.29, 1.82) is 0 Å². The molecule has 3 N–H and O–H groups in total. The van der Waals surface area contributed by atoms with Gasteiger partial charge in [-0.05, 0) is 56.6 Å². The molecule has 4 heterocycles. The van der Waals surface area contributed by atoms with Crippen molar-refractivity contribution in [3.63, 3.8) is 0 Å². The molecule has 0 spiro atoms. The van der Waals surface area contributed by atoms with Crippen molar-refractivity contribution in [2.24, 2.45) is 5.92 Å². The Morgan fingerprint density at radius 2 is 2.00 bits per heavy atom. The number of hydrogen-bond acceptors (Lipinski definition) is 10. The third kappa shape index (κ3) is 8.70. The normalized spacial score (nSPS) is 23.7. The number of hydrogen-bond donors (Lipinski definition) is 3. The van der Waals surface area contributed by atoms with Gasteiger partial charge in [0.2, 0.25) is 5.91 Å². The Morgan fingerprint density at radius 3 is 2.73 bits per heavy atom. The number of carbonyl (C=O) groups excluding carboxylic acids is 3. The second-order valence-corrected chi connectivity index (χ2v) is 17.2. The fraction of sp³-hybridized carbons (Fsp3) is 0.500. The molecule has 17 heteroatoms. The van der Waals surface area contributed by atoms with Gasteiger partial charge in [-0.3, -0.25) is 9.59 Å². The van der Waals surface area contributed by atoms with Crippen LogP contribution in [0.5, 0.6) is 11.5 Å². The Bertz CT molecular complexity index is 2140. The van der Waals surface area contributed by atoms with E-state index in [1.807, 2.05) is 17.5 Å². The van der Waals surface area contributed by atoms with Crippen LogP contribution in [0.4, 0.5) is 4.79 Å². The fourth-order valence-electron chi connectivity index (χ4n) is 6.80. The summed E-state index contributed by atoms with van der Waals surface area (Å²) in [6, 6.07) is 2.96. The van der Waals surface area contributed by atoms with Crippen LogP contribution in [-0.4, -0.2) is 96.9 Å². The fourth-order valence-corrected chi connectivity index (χ4v) is 9.43. The van der Waals surface area contributed by atoms with E-state index in [1.54, 1.807) is 25.2 Å². The number of thiazole rings is 1. The molecule has 14 nitrogen and oxygen atoms in total. The van der Waals surface area contributed by atoms with Crippen LogP contribution in [0.15, 0.2) is 35.7 Å². The number of benzene rings is 1. The number of methoxy groups -OCH3 is 1. The zero-order valence-electron chi connectivity index (χ0n) is 31.3. The summed E-state index contributed by atoms with van der Waals surface area (Å²) < 4.78 is 41.8. The van der Waals surface area contributed by atoms with Crippen molar-refractivity contribution >= 4 is 61.9 Å². The van der Waals surface area contributed by atoms with E-state index in [0.29, 0.717) is 63.9 Å². The number of fused-ring (bicyclic) bond motifs is 2. The average Bonchev–Trinajstić information content (AvgIpc) is 3.48. The van der Waals surface area contributed by atoms with Gasteiger partial charge in [-0.2, -0.15) is 12.7 Å². The number of aromatic nitrogens is 2. The molecule has 2 aliphatic heterocycles. The molecule has 1 saturated carbocycles. The third-order valence-corrected chi connectivity index (χ3v) is 12.9. The Hall–Kier alpha value is -4.43. The maximum Gasteiger partial charge on any atom is 0.317 e. The highest BCUT2D eigenvalue weighted by Gasteiger charge is 2.61. The van der Waals surface area contributed by atoms with Crippen LogP contribution in [0.25, 0.3) is 21.6 Å². The number of rotatable bonds is 10. The lowest BCUT2D eigenvalue weighted by atomic mass is 10.1. The third-order valence-electron chi connectivity index (χ3n) is 10.2. The number of nitrogens with one attached hydrogen (secondary N) is 3. The Balaban J connectivity index is 1.27. The van der Waals surface area contributed by atoms with Crippen molar-refractivity contribution in [3.8, 4) is 34.5 Å². The van der Waals surface area contributed by atoms with Crippen LogP contribution in [0, 0.1) is 18.3 Å². The van der Waals surface area contributed by atoms with Gasteiger partial charge in [0.05, 0.1) is 31.0 Å². The molecule has 6 rings (SSSR count). The van der Waals surface area contributed by atoms with Gasteiger partial charge in [-0.15, -0.1) is 17.8 Å². The minimum atomic E-state index is -4.29. The number of carbonyl (C=O) groups is 3. The Morgan fingerprint density at radius 1 is 1.20 bits per heavy atom. The summed E-state index contributed by atoms with van der Waals surface area (Å²) >= 11 is 8.19. The topological polar surface area (TPSA) is 172 Å². The molecule has 4 atom stereocenters. The minimum Gasteiger partial charge on any atom is -0.495 e. The van der Waals surface area contributed by atoms with E-state index in [1.165, 1.54) is 23.3 Å². The molecule has 294 valence electrons. The lowest BCUT2D eigenvalue weighted by Gasteiger charge is -2.27. The van der Waals surface area contributed by atoms with Crippen LogP contribution in [0.3, 0.4) is 0 Å². The van der Waals surface area contributed by atoms with Crippen molar-refractivity contribution in [3.05, 3.63) is 46.4 Å². The lowest BCUT2D eigenvalue weighted by Crippen LogP contribution is -2.59. The quantitative estimate of drug-likeness (QED) is 0.188. The molecular formula is C38H46ClN7O7S2. The molecule has 0 radical (unpaired) electrons. The molecule has 2 aromatic heterocycles. The highest BCUT2D eigenvalue weighted by Crippen LogP contribution is 2.46. The van der Waals surface area contributed by atoms with E-state index >= 15 is 0 Å². The molecule has 55 heavy (non-hydrogen) atoms. The first-order valence-corrected chi connectivity index (χ1v) is 21.0. The zero-order chi connectivity index (χ0) is 39.5. The van der Waals surface area contributed by atoms with Crippen molar-refractivity contribution in [2.45, 2.75) is 82.3 Å². The molecule has 0 unspecified atom stereocenters. The molecule has 3 aliphatic rings. The number of halogens is 1. The summed E-state index contributed by atoms with van der Waals surface area (Å²) in [6.07, 6.45) is 12.8. The predicted molar refractivity (Wildman–Crippen MR) is 211 cm³/mol. The van der Waals surface area contributed by atoms with Crippen LogP contribution in [-0.2, 0) is 19.8 Å². The SMILES string of the molecule is C#C[C@@H]1CCCN1S(=O)(=O)NC(=O)[C@@]12C[C@H]1C=CCCCCN(C)C(=O)N[C@@H](CCOc1cc(-c3nc(C(C)C)cs3)nc3c(Cl)c(OC)ccc13)C(=O)N2. The van der Waals surface area contributed by atoms with Gasteiger partial charge in [0.25, 0.3) is 5.91 Å². The second kappa shape index (κ2) is 16.7. The molecule has 0 bridgehead atoms. The van der Waals surface area contributed by atoms with Crippen molar-refractivity contribution in [2.75, 3.05) is 33.9 Å². The molecule has 2 fully saturated rings. The van der Waals surface area contributed by atoms with Gasteiger partial charge >= 0.3 is 16.2 Å². The monoisotopic (exact) mass is 811 g/mol. The highest BCUT2D eigenvalue weighted by atomic mass is 35.5. The first-order chi connectivity index (χ1) is 26.3. The maximum atomic E-state index is 14.1. The smallest absolute Gasteiger partial charge is 0.317 e. The van der Waals surface area contributed by atoms with Crippen LogP contribution in [0.2, 0.25) is 5.02 Å². The number of allylic oxidation sites excluding steroid dienone is 1. The van der Waals surface area contributed by atoms with Gasteiger partial charge in [0.1, 0.15) is 38.8 Å². The van der Waals surface area contributed by atoms with E-state index in [2.05, 4.69) is 35.1 Å². The number of terminal acetylenes is 1. The van der Waals surface area contributed by atoms with E-state index in [4.69, 9.17) is 37.5 Å². The van der Waals surface area contributed by atoms with Gasteiger partial charge in [0.15, 0.2) is 0 Å². The van der Waals surface area contributed by atoms with Crippen LogP contribution >= 0.6 is 22.9 Å². The average molecular weight is 812 g/mol. The van der Waals surface area contributed by atoms with Crippen LogP contribution in [0.1, 0.15) is 70.4 Å². The molecule has 4 amide bonds. The highest BCUT2D eigenvalue weighted by molar-refractivity contribution is 7.87. The van der Waals surface area contributed by atoms with Gasteiger partial charge in [-0.25, -0.2) is 19.5 Å². The first-order valence-electron chi connectivity index (χ1n) is 18.3. The summed E-state index contributed by atoms with van der Waals surface area (Å²) in [5.74, 6) is 1.57. The second-order valence-electron chi connectivity index (χ2n) is 14.3. The van der Waals surface area contributed by atoms with E-state index < -0.39 is 51.6 Å². The number of nitrogens with zero attached hydrogens (tertiary/aromatic N) is 4. The van der Waals surface area contributed by atoms with Gasteiger partial charge < -0.3 is 25.0 Å². The first kappa shape index (κ1) is 40.2. The van der Waals surface area contributed by atoms with Crippen molar-refractivity contribution in [1.82, 2.24) is 34.5 Å². The Labute approximate surface area is 330 Å². The summed E-state index contributed by atoms with van der Waals surface area (Å²) in [4.78, 5) is 52.4. The van der Waals surface area contributed by atoms with Gasteiger partial charge in [0, 0.05) is 49.3 Å². The summed E-state index contributed by atoms with van der Waals surface area (Å²) in [5, 5.41) is 9.18. The molecular weight excluding hydrogens is 766 g/mol. The standard InChI is InChI=1S/C38H46ClN7O7S2/c1-6-25-13-11-18-46(25)55(50,51)44-36(48)38-21-24(38)12-9-7-8-10-17-45(4)37(49)42-27(34(47)43-38)16-19-53-31-20-28(35-41-29(22-54-35)23(2)3)40-33-26(31)14-15-30(52-5)32(33)39/h1,9,12,14-15,20,22-25,27H,7-8,10-11,13,16-19,21H2,2-5H3,(H,42,49)(H,43,47)(H,44,48)/t24-,25-,27+,38-/m1/s1. The zero-order valence-corrected chi connectivity index (χ0v) is 33.7. The summed E-state index contributed by atoms with van der Waals surface area (Å²) in [7, 11) is -1.13. The minimum absolute atomic E-state index is 0.00265. The van der Waals surface area contributed by atoms with E-state index in [0.717, 1.165) is 22.8 Å². The maximum absolute atomic E-state index is 14.1. The number of urea groups is 1. The molecule has 1 aromatic carbocycles. The summed E-state index contributed by atoms with van der Waals surface area (Å²) in [5.41, 5.74) is 0.351. The number of pyridine rings is 1. The van der Waals surface area contributed by atoms with E-state index in [9.17, 15) is 22.8 Å². The number of amides is 4. The lowest BCUT2D eigenvalue weighted by molar-refractivity contribution is -0.130. The molecule has 1 aliphatic carbocycles. The largest absolute Gasteiger partial charge is 0.495 e. The molecule has 1 saturated heterocycles. The number of ether oxygens (including phenoxy) is 2. The van der Waals surface area contributed by atoms with E-state index in [-0.39, 0.29) is 31.9 Å². The van der Waals surface area contributed by atoms with Crippen molar-refractivity contribution < 1.29 is 32.3 Å². The summed E-state index contributed by atoms with van der Waals surface area (Å²) in [6.45, 7) is 4.72.